The molecular formula is C10H21NS2. The highest BCUT2D eigenvalue weighted by atomic mass is 32.2. The summed E-state index contributed by atoms with van der Waals surface area (Å²) in [6.45, 7) is 9.03. The molecule has 13 heavy (non-hydrogen) atoms. The lowest BCUT2D eigenvalue weighted by molar-refractivity contribution is 0.312. The lowest BCUT2D eigenvalue weighted by Gasteiger charge is -2.39. The highest BCUT2D eigenvalue weighted by Gasteiger charge is 2.34. The molecule has 0 aromatic heterocycles. The van der Waals surface area contributed by atoms with Gasteiger partial charge in [-0.25, -0.2) is 0 Å². The summed E-state index contributed by atoms with van der Waals surface area (Å²) in [6, 6.07) is 0.320. The van der Waals surface area contributed by atoms with Crippen molar-refractivity contribution in [3.63, 3.8) is 0 Å². The van der Waals surface area contributed by atoms with E-state index in [0.29, 0.717) is 16.5 Å². The number of rotatable bonds is 1. The Kier molecular flexibility index (Phi) is 4.02. The van der Waals surface area contributed by atoms with Gasteiger partial charge in [-0.05, 0) is 5.41 Å². The lowest BCUT2D eigenvalue weighted by atomic mass is 9.84. The van der Waals surface area contributed by atoms with Crippen molar-refractivity contribution in [1.82, 2.24) is 0 Å². The zero-order valence-electron chi connectivity index (χ0n) is 9.04. The quantitative estimate of drug-likeness (QED) is 0.734. The van der Waals surface area contributed by atoms with Gasteiger partial charge in [0.2, 0.25) is 0 Å². The number of hydrogen-bond donors (Lipinski definition) is 1. The molecular weight excluding hydrogens is 198 g/mol. The van der Waals surface area contributed by atoms with Gasteiger partial charge in [-0.2, -0.15) is 23.5 Å². The molecule has 1 heterocycles. The van der Waals surface area contributed by atoms with Crippen LogP contribution in [0.4, 0.5) is 0 Å². The molecule has 1 aliphatic heterocycles. The van der Waals surface area contributed by atoms with Gasteiger partial charge in [-0.15, -0.1) is 0 Å². The van der Waals surface area contributed by atoms with E-state index in [4.69, 9.17) is 5.73 Å². The third-order valence-corrected chi connectivity index (χ3v) is 5.81. The van der Waals surface area contributed by atoms with Crippen molar-refractivity contribution in [3.8, 4) is 0 Å². The third-order valence-electron chi connectivity index (χ3n) is 2.59. The van der Waals surface area contributed by atoms with Crippen LogP contribution in [-0.2, 0) is 0 Å². The Hall–Kier alpha value is 0.660. The van der Waals surface area contributed by atoms with Crippen LogP contribution in [-0.4, -0.2) is 28.0 Å². The predicted molar refractivity (Wildman–Crippen MR) is 65.6 cm³/mol. The van der Waals surface area contributed by atoms with Crippen molar-refractivity contribution in [3.05, 3.63) is 0 Å². The molecule has 1 aliphatic rings. The van der Waals surface area contributed by atoms with E-state index in [0.717, 1.165) is 0 Å². The average Bonchev–Trinajstić information content (AvgIpc) is 2.02. The molecule has 2 N–H and O–H groups in total. The number of thioether (sulfide) groups is 2. The van der Waals surface area contributed by atoms with Gasteiger partial charge in [0.15, 0.2) is 0 Å². The van der Waals surface area contributed by atoms with Crippen LogP contribution >= 0.6 is 23.5 Å². The van der Waals surface area contributed by atoms with Crippen LogP contribution in [0.2, 0.25) is 0 Å². The van der Waals surface area contributed by atoms with Crippen molar-refractivity contribution in [2.75, 3.05) is 11.5 Å². The summed E-state index contributed by atoms with van der Waals surface area (Å²) >= 11 is 4.13. The number of nitrogens with two attached hydrogens (primary N) is 1. The standard InChI is InChI=1S/C10H21NS2/c1-7-8(13-6-5-12-7)9(11)10(2,3)4/h7-9H,5-6,11H2,1-4H3. The third kappa shape index (κ3) is 3.07. The lowest BCUT2D eigenvalue weighted by Crippen LogP contribution is -2.48. The second-order valence-corrected chi connectivity index (χ2v) is 7.57. The summed E-state index contributed by atoms with van der Waals surface area (Å²) in [5.74, 6) is 2.56. The first-order valence-electron chi connectivity index (χ1n) is 4.91. The minimum atomic E-state index is 0.240. The summed E-state index contributed by atoms with van der Waals surface area (Å²) in [7, 11) is 0. The Bertz CT molecular complexity index is 165. The van der Waals surface area contributed by atoms with Gasteiger partial charge in [0.1, 0.15) is 0 Å². The van der Waals surface area contributed by atoms with E-state index < -0.39 is 0 Å². The summed E-state index contributed by atoms with van der Waals surface area (Å²) in [5.41, 5.74) is 6.52. The summed E-state index contributed by atoms with van der Waals surface area (Å²) in [6.07, 6.45) is 0. The van der Waals surface area contributed by atoms with E-state index in [9.17, 15) is 0 Å². The molecule has 1 fully saturated rings. The van der Waals surface area contributed by atoms with Crippen LogP contribution in [0.15, 0.2) is 0 Å². The molecule has 3 heteroatoms. The Labute approximate surface area is 90.6 Å². The van der Waals surface area contributed by atoms with Gasteiger partial charge in [0, 0.05) is 28.0 Å². The highest BCUT2D eigenvalue weighted by Crippen LogP contribution is 2.37. The second-order valence-electron chi connectivity index (χ2n) is 4.80. The van der Waals surface area contributed by atoms with Crippen LogP contribution in [0.1, 0.15) is 27.7 Å². The van der Waals surface area contributed by atoms with Crippen molar-refractivity contribution in [2.24, 2.45) is 11.1 Å². The Morgan fingerprint density at radius 2 is 1.77 bits per heavy atom. The minimum absolute atomic E-state index is 0.240. The van der Waals surface area contributed by atoms with Crippen LogP contribution < -0.4 is 5.73 Å². The summed E-state index contributed by atoms with van der Waals surface area (Å²) in [5, 5.41) is 1.35. The zero-order valence-corrected chi connectivity index (χ0v) is 10.7. The molecule has 3 atom stereocenters. The molecule has 1 nitrogen and oxygen atoms in total. The largest absolute Gasteiger partial charge is 0.326 e. The highest BCUT2D eigenvalue weighted by molar-refractivity contribution is 8.07. The molecule has 0 spiro atoms. The molecule has 0 bridgehead atoms. The Balaban J connectivity index is 2.58. The van der Waals surface area contributed by atoms with Crippen molar-refractivity contribution in [1.29, 1.82) is 0 Å². The smallest absolute Gasteiger partial charge is 0.0320 e. The molecule has 0 aromatic rings. The van der Waals surface area contributed by atoms with E-state index in [1.165, 1.54) is 11.5 Å². The van der Waals surface area contributed by atoms with Crippen molar-refractivity contribution >= 4 is 23.5 Å². The van der Waals surface area contributed by atoms with E-state index in [2.05, 4.69) is 51.2 Å². The molecule has 0 amide bonds. The molecule has 1 rings (SSSR count). The van der Waals surface area contributed by atoms with Gasteiger partial charge in [-0.1, -0.05) is 27.7 Å². The van der Waals surface area contributed by atoms with Crippen molar-refractivity contribution < 1.29 is 0 Å². The van der Waals surface area contributed by atoms with E-state index in [-0.39, 0.29) is 5.41 Å². The second kappa shape index (κ2) is 4.45. The van der Waals surface area contributed by atoms with E-state index >= 15 is 0 Å². The zero-order chi connectivity index (χ0) is 10.1. The maximum absolute atomic E-state index is 6.28. The fourth-order valence-electron chi connectivity index (χ4n) is 1.54. The van der Waals surface area contributed by atoms with Gasteiger partial charge in [0.25, 0.3) is 0 Å². The summed E-state index contributed by atoms with van der Waals surface area (Å²) < 4.78 is 0. The number of hydrogen-bond acceptors (Lipinski definition) is 3. The molecule has 3 unspecified atom stereocenters. The van der Waals surface area contributed by atoms with Crippen LogP contribution in [0.5, 0.6) is 0 Å². The van der Waals surface area contributed by atoms with Crippen LogP contribution in [0.25, 0.3) is 0 Å². The van der Waals surface area contributed by atoms with E-state index in [1.54, 1.807) is 0 Å². The predicted octanol–water partition coefficient (Wildman–Crippen LogP) is 2.60. The van der Waals surface area contributed by atoms with Crippen LogP contribution in [0, 0.1) is 5.41 Å². The van der Waals surface area contributed by atoms with Crippen molar-refractivity contribution in [2.45, 2.75) is 44.2 Å². The Morgan fingerprint density at radius 3 is 2.23 bits per heavy atom. The molecule has 0 aromatic carbocycles. The molecule has 0 radical (unpaired) electrons. The van der Waals surface area contributed by atoms with Gasteiger partial charge in [0.05, 0.1) is 0 Å². The first-order chi connectivity index (χ1) is 5.93. The Morgan fingerprint density at radius 1 is 1.23 bits per heavy atom. The molecule has 1 saturated heterocycles. The fourth-order valence-corrected chi connectivity index (χ4v) is 4.67. The maximum atomic E-state index is 6.28. The van der Waals surface area contributed by atoms with Crippen LogP contribution in [0.3, 0.4) is 0 Å². The SMILES string of the molecule is CC1SCCSC1C(N)C(C)(C)C. The monoisotopic (exact) mass is 219 g/mol. The molecule has 0 aliphatic carbocycles. The van der Waals surface area contributed by atoms with Gasteiger partial charge >= 0.3 is 0 Å². The fraction of sp³-hybridized carbons (Fsp3) is 1.00. The average molecular weight is 219 g/mol. The maximum Gasteiger partial charge on any atom is 0.0320 e. The first kappa shape index (κ1) is 11.7. The topological polar surface area (TPSA) is 26.0 Å². The minimum Gasteiger partial charge on any atom is -0.326 e. The summed E-state index contributed by atoms with van der Waals surface area (Å²) in [4.78, 5) is 0. The van der Waals surface area contributed by atoms with Gasteiger partial charge in [-0.3, -0.25) is 0 Å². The molecule has 0 saturated carbocycles. The normalized spacial score (nSPS) is 33.0. The first-order valence-corrected chi connectivity index (χ1v) is 7.01. The molecule has 78 valence electrons. The van der Waals surface area contributed by atoms with E-state index in [1.807, 2.05) is 0 Å². The van der Waals surface area contributed by atoms with Gasteiger partial charge < -0.3 is 5.73 Å².